The van der Waals surface area contributed by atoms with Crippen molar-refractivity contribution >= 4 is 5.91 Å². The second-order valence-electron chi connectivity index (χ2n) is 5.30. The third-order valence-electron chi connectivity index (χ3n) is 3.52. The fourth-order valence-electron chi connectivity index (χ4n) is 2.22. The van der Waals surface area contributed by atoms with Gasteiger partial charge in [-0.15, -0.1) is 0 Å². The Hall–Kier alpha value is -2.37. The van der Waals surface area contributed by atoms with Gasteiger partial charge in [-0.2, -0.15) is 5.10 Å². The van der Waals surface area contributed by atoms with Crippen molar-refractivity contribution < 1.29 is 4.79 Å². The Morgan fingerprint density at radius 2 is 2.05 bits per heavy atom. The van der Waals surface area contributed by atoms with Gasteiger partial charge in [0.05, 0.1) is 12.2 Å². The number of hydrogen-bond acceptors (Lipinski definition) is 3. The van der Waals surface area contributed by atoms with Crippen molar-refractivity contribution in [2.45, 2.75) is 31.8 Å². The molecule has 110 valence electrons. The van der Waals surface area contributed by atoms with E-state index >= 15 is 0 Å². The first-order chi connectivity index (χ1) is 10.2. The van der Waals surface area contributed by atoms with Crippen molar-refractivity contribution in [3.8, 4) is 0 Å². The Morgan fingerprint density at radius 3 is 2.76 bits per heavy atom. The number of rotatable bonds is 6. The van der Waals surface area contributed by atoms with Gasteiger partial charge in [0, 0.05) is 30.9 Å². The average molecular weight is 286 g/mol. The molecule has 0 unspecified atom stereocenters. The predicted octanol–water partition coefficient (Wildman–Crippen LogP) is 0.739. The minimum atomic E-state index is -0.126. The maximum Gasteiger partial charge on any atom is 0.266 e. The van der Waals surface area contributed by atoms with Gasteiger partial charge in [0.2, 0.25) is 5.91 Å². The number of carbonyl (C=O) groups is 1. The monoisotopic (exact) mass is 286 g/mol. The molecule has 6 nitrogen and oxygen atoms in total. The van der Waals surface area contributed by atoms with E-state index in [1.165, 1.54) is 4.68 Å². The molecular formula is C15H18N4O2. The van der Waals surface area contributed by atoms with Gasteiger partial charge >= 0.3 is 0 Å². The van der Waals surface area contributed by atoms with Gasteiger partial charge in [-0.25, -0.2) is 4.68 Å². The summed E-state index contributed by atoms with van der Waals surface area (Å²) in [4.78, 5) is 23.5. The minimum Gasteiger partial charge on any atom is -0.353 e. The van der Waals surface area contributed by atoms with Crippen LogP contribution in [0.1, 0.15) is 24.5 Å². The van der Waals surface area contributed by atoms with Crippen molar-refractivity contribution in [2.24, 2.45) is 0 Å². The summed E-state index contributed by atoms with van der Waals surface area (Å²) in [5.74, 6) is 0.442. The van der Waals surface area contributed by atoms with Crippen LogP contribution < -0.4 is 10.9 Å². The van der Waals surface area contributed by atoms with Crippen LogP contribution in [0.15, 0.2) is 41.5 Å². The summed E-state index contributed by atoms with van der Waals surface area (Å²) >= 11 is 0. The van der Waals surface area contributed by atoms with E-state index in [9.17, 15) is 9.59 Å². The van der Waals surface area contributed by atoms with Crippen LogP contribution in [0, 0.1) is 0 Å². The first-order valence-electron chi connectivity index (χ1n) is 7.18. The zero-order chi connectivity index (χ0) is 14.7. The Bertz CT molecular complexity index is 671. The molecule has 1 saturated carbocycles. The van der Waals surface area contributed by atoms with E-state index in [1.807, 2.05) is 24.5 Å². The molecule has 6 heteroatoms. The number of nitrogens with one attached hydrogen (secondary N) is 1. The maximum atomic E-state index is 11.7. The Kier molecular flexibility index (Phi) is 3.85. The lowest BCUT2D eigenvalue weighted by atomic mass is 10.3. The van der Waals surface area contributed by atoms with Gasteiger partial charge < -0.3 is 9.88 Å². The Balaban J connectivity index is 1.51. The maximum absolute atomic E-state index is 11.7. The van der Waals surface area contributed by atoms with Crippen LogP contribution in [0.4, 0.5) is 0 Å². The lowest BCUT2D eigenvalue weighted by molar-refractivity contribution is -0.121. The number of amides is 1. The molecule has 21 heavy (non-hydrogen) atoms. The van der Waals surface area contributed by atoms with Crippen LogP contribution in [-0.4, -0.2) is 26.8 Å². The molecule has 1 fully saturated rings. The number of nitrogens with zero attached hydrogens (tertiary/aromatic N) is 3. The SMILES string of the molecule is O=C(Cn1cccc1)NCCn1nc(C2CC2)ccc1=O. The van der Waals surface area contributed by atoms with Crippen molar-refractivity contribution in [3.63, 3.8) is 0 Å². The molecule has 3 rings (SSSR count). The molecule has 0 radical (unpaired) electrons. The first-order valence-corrected chi connectivity index (χ1v) is 7.18. The fourth-order valence-corrected chi connectivity index (χ4v) is 2.22. The van der Waals surface area contributed by atoms with E-state index in [0.29, 0.717) is 19.0 Å². The van der Waals surface area contributed by atoms with Gasteiger partial charge in [-0.05, 0) is 31.0 Å². The first kappa shape index (κ1) is 13.6. The molecule has 1 N–H and O–H groups in total. The number of hydrogen-bond donors (Lipinski definition) is 1. The normalized spacial score (nSPS) is 14.1. The lowest BCUT2D eigenvalue weighted by Crippen LogP contribution is -2.33. The standard InChI is InChI=1S/C15H18N4O2/c20-14(11-18-8-1-2-9-18)16-7-10-19-15(21)6-5-13(17-19)12-3-4-12/h1-2,5-6,8-9,12H,3-4,7,10-11H2,(H,16,20). The van der Waals surface area contributed by atoms with Crippen LogP contribution >= 0.6 is 0 Å². The van der Waals surface area contributed by atoms with Gasteiger partial charge in [0.25, 0.3) is 5.56 Å². The van der Waals surface area contributed by atoms with E-state index in [4.69, 9.17) is 0 Å². The van der Waals surface area contributed by atoms with Crippen LogP contribution in [0.3, 0.4) is 0 Å². The molecule has 0 saturated heterocycles. The van der Waals surface area contributed by atoms with E-state index in [1.54, 1.807) is 16.7 Å². The summed E-state index contributed by atoms with van der Waals surface area (Å²) in [7, 11) is 0. The third kappa shape index (κ3) is 3.59. The molecule has 2 heterocycles. The zero-order valence-electron chi connectivity index (χ0n) is 11.7. The molecule has 1 aliphatic rings. The highest BCUT2D eigenvalue weighted by Gasteiger charge is 2.25. The Morgan fingerprint density at radius 1 is 1.29 bits per heavy atom. The molecule has 1 aliphatic carbocycles. The molecule has 1 amide bonds. The smallest absolute Gasteiger partial charge is 0.266 e. The van der Waals surface area contributed by atoms with Crippen molar-refractivity contribution in [1.82, 2.24) is 19.7 Å². The minimum absolute atomic E-state index is 0.0717. The molecule has 0 bridgehead atoms. The highest BCUT2D eigenvalue weighted by molar-refractivity contribution is 5.75. The fraction of sp³-hybridized carbons (Fsp3) is 0.400. The van der Waals surface area contributed by atoms with E-state index in [-0.39, 0.29) is 18.0 Å². The summed E-state index contributed by atoms with van der Waals surface area (Å²) in [6.07, 6.45) is 5.98. The summed E-state index contributed by atoms with van der Waals surface area (Å²) < 4.78 is 3.23. The highest BCUT2D eigenvalue weighted by atomic mass is 16.2. The molecular weight excluding hydrogens is 268 g/mol. The van der Waals surface area contributed by atoms with Gasteiger partial charge in [-0.3, -0.25) is 9.59 Å². The summed E-state index contributed by atoms with van der Waals surface area (Å²) in [5, 5.41) is 7.16. The zero-order valence-corrected chi connectivity index (χ0v) is 11.7. The van der Waals surface area contributed by atoms with Crippen LogP contribution in [0.25, 0.3) is 0 Å². The molecule has 2 aromatic heterocycles. The number of aromatic nitrogens is 3. The third-order valence-corrected chi connectivity index (χ3v) is 3.52. The molecule has 0 atom stereocenters. The molecule has 0 spiro atoms. The van der Waals surface area contributed by atoms with Gasteiger partial charge in [0.1, 0.15) is 6.54 Å². The van der Waals surface area contributed by atoms with Crippen LogP contribution in [0.5, 0.6) is 0 Å². The second kappa shape index (κ2) is 5.95. The summed E-state index contributed by atoms with van der Waals surface area (Å²) in [6, 6.07) is 7.11. The lowest BCUT2D eigenvalue weighted by Gasteiger charge is -2.08. The van der Waals surface area contributed by atoms with E-state index in [2.05, 4.69) is 10.4 Å². The molecule has 0 aliphatic heterocycles. The largest absolute Gasteiger partial charge is 0.353 e. The highest BCUT2D eigenvalue weighted by Crippen LogP contribution is 2.38. The topological polar surface area (TPSA) is 68.9 Å². The molecule has 0 aromatic carbocycles. The van der Waals surface area contributed by atoms with E-state index in [0.717, 1.165) is 18.5 Å². The predicted molar refractivity (Wildman–Crippen MR) is 77.9 cm³/mol. The van der Waals surface area contributed by atoms with Crippen molar-refractivity contribution in [1.29, 1.82) is 0 Å². The van der Waals surface area contributed by atoms with Crippen molar-refractivity contribution in [2.75, 3.05) is 6.54 Å². The van der Waals surface area contributed by atoms with E-state index < -0.39 is 0 Å². The van der Waals surface area contributed by atoms with Crippen LogP contribution in [0.2, 0.25) is 0 Å². The summed E-state index contributed by atoms with van der Waals surface area (Å²) in [6.45, 7) is 1.09. The quantitative estimate of drug-likeness (QED) is 0.851. The Labute approximate surface area is 122 Å². The van der Waals surface area contributed by atoms with Gasteiger partial charge in [-0.1, -0.05) is 0 Å². The molecule has 2 aromatic rings. The van der Waals surface area contributed by atoms with Crippen LogP contribution in [-0.2, 0) is 17.9 Å². The second-order valence-corrected chi connectivity index (χ2v) is 5.30. The van der Waals surface area contributed by atoms with Gasteiger partial charge in [0.15, 0.2) is 0 Å². The summed E-state index contributed by atoms with van der Waals surface area (Å²) in [5.41, 5.74) is 0.854. The van der Waals surface area contributed by atoms with Crippen molar-refractivity contribution in [3.05, 3.63) is 52.7 Å². The average Bonchev–Trinajstić information content (AvgIpc) is 3.19. The number of carbonyl (C=O) groups excluding carboxylic acids is 1.